The lowest BCUT2D eigenvalue weighted by molar-refractivity contribution is -0.120. The van der Waals surface area contributed by atoms with Gasteiger partial charge in [0.1, 0.15) is 17.1 Å². The quantitative estimate of drug-likeness (QED) is 0.795. The van der Waals surface area contributed by atoms with Gasteiger partial charge in [0.05, 0.1) is 0 Å². The van der Waals surface area contributed by atoms with Crippen LogP contribution in [0.25, 0.3) is 0 Å². The molecule has 0 saturated heterocycles. The van der Waals surface area contributed by atoms with Crippen LogP contribution >= 0.6 is 0 Å². The normalized spacial score (nSPS) is 13.2. The Bertz CT molecular complexity index is 371. The smallest absolute Gasteiger partial charge is 0.132 e. The van der Waals surface area contributed by atoms with Crippen molar-refractivity contribution in [2.75, 3.05) is 0 Å². The van der Waals surface area contributed by atoms with Crippen molar-refractivity contribution in [3.63, 3.8) is 0 Å². The second-order valence-corrected chi connectivity index (χ2v) is 5.57. The maximum absolute atomic E-state index is 11.2. The van der Waals surface area contributed by atoms with E-state index in [0.29, 0.717) is 0 Å². The van der Waals surface area contributed by atoms with Gasteiger partial charge in [0.15, 0.2) is 0 Å². The zero-order chi connectivity index (χ0) is 13.1. The Kier molecular flexibility index (Phi) is 4.33. The van der Waals surface area contributed by atoms with Crippen molar-refractivity contribution in [1.82, 2.24) is 0 Å². The van der Waals surface area contributed by atoms with Gasteiger partial charge >= 0.3 is 0 Å². The van der Waals surface area contributed by atoms with E-state index in [-0.39, 0.29) is 17.3 Å². The van der Waals surface area contributed by atoms with Crippen LogP contribution in [0, 0.1) is 5.92 Å². The monoisotopic (exact) mass is 234 g/mol. The van der Waals surface area contributed by atoms with E-state index >= 15 is 0 Å². The van der Waals surface area contributed by atoms with E-state index < -0.39 is 0 Å². The molecule has 0 aliphatic rings. The molecular formula is C15H22O2. The van der Waals surface area contributed by atoms with Gasteiger partial charge in [-0.05, 0) is 51.8 Å². The lowest BCUT2D eigenvalue weighted by atomic mass is 9.98. The van der Waals surface area contributed by atoms with Gasteiger partial charge in [-0.25, -0.2) is 0 Å². The molecule has 0 saturated carbocycles. The Morgan fingerprint density at radius 3 is 2.18 bits per heavy atom. The summed E-state index contributed by atoms with van der Waals surface area (Å²) in [5.74, 6) is 1.20. The van der Waals surface area contributed by atoms with Crippen molar-refractivity contribution in [3.8, 4) is 5.75 Å². The first-order valence-electron chi connectivity index (χ1n) is 6.06. The first-order chi connectivity index (χ1) is 7.78. The number of rotatable bonds is 4. The summed E-state index contributed by atoms with van der Waals surface area (Å²) >= 11 is 0. The Labute approximate surface area is 104 Å². The van der Waals surface area contributed by atoms with Gasteiger partial charge in [0.2, 0.25) is 0 Å². The number of carbonyl (C=O) groups excluding carboxylic acids is 1. The highest BCUT2D eigenvalue weighted by atomic mass is 16.5. The number of ketones is 1. The fourth-order valence-corrected chi connectivity index (χ4v) is 1.54. The fourth-order valence-electron chi connectivity index (χ4n) is 1.54. The molecule has 0 radical (unpaired) electrons. The van der Waals surface area contributed by atoms with E-state index in [4.69, 9.17) is 4.74 Å². The molecule has 1 rings (SSSR count). The summed E-state index contributed by atoms with van der Waals surface area (Å²) in [6.07, 6.45) is 0.797. The largest absolute Gasteiger partial charge is 0.488 e. The summed E-state index contributed by atoms with van der Waals surface area (Å²) < 4.78 is 5.74. The van der Waals surface area contributed by atoms with Gasteiger partial charge in [0.25, 0.3) is 0 Å². The first kappa shape index (κ1) is 13.8. The molecule has 0 aliphatic heterocycles. The van der Waals surface area contributed by atoms with Crippen LogP contribution in [0.1, 0.15) is 40.2 Å². The third-order valence-corrected chi connectivity index (χ3v) is 2.58. The van der Waals surface area contributed by atoms with Gasteiger partial charge in [-0.1, -0.05) is 19.1 Å². The number of benzene rings is 1. The molecule has 2 heteroatoms. The number of hydrogen-bond donors (Lipinski definition) is 0. The van der Waals surface area contributed by atoms with Crippen LogP contribution in [-0.4, -0.2) is 11.4 Å². The second kappa shape index (κ2) is 5.35. The summed E-state index contributed by atoms with van der Waals surface area (Å²) in [4.78, 5) is 11.2. The van der Waals surface area contributed by atoms with Gasteiger partial charge in [-0.15, -0.1) is 0 Å². The molecule has 0 amide bonds. The number of ether oxygens (including phenoxy) is 1. The minimum atomic E-state index is -0.172. The van der Waals surface area contributed by atoms with E-state index in [1.165, 1.54) is 5.56 Å². The molecule has 0 aliphatic carbocycles. The first-order valence-corrected chi connectivity index (χ1v) is 6.06. The van der Waals surface area contributed by atoms with Crippen molar-refractivity contribution in [3.05, 3.63) is 29.8 Å². The van der Waals surface area contributed by atoms with Crippen molar-refractivity contribution in [1.29, 1.82) is 0 Å². The molecule has 1 atom stereocenters. The van der Waals surface area contributed by atoms with E-state index in [2.05, 4.69) is 0 Å². The lowest BCUT2D eigenvalue weighted by Gasteiger charge is -2.21. The lowest BCUT2D eigenvalue weighted by Crippen LogP contribution is -2.22. The van der Waals surface area contributed by atoms with E-state index in [0.717, 1.165) is 12.2 Å². The Morgan fingerprint density at radius 1 is 1.24 bits per heavy atom. The van der Waals surface area contributed by atoms with Gasteiger partial charge in [0, 0.05) is 5.92 Å². The van der Waals surface area contributed by atoms with Crippen LogP contribution in [0.2, 0.25) is 0 Å². The maximum Gasteiger partial charge on any atom is 0.132 e. The van der Waals surface area contributed by atoms with Crippen LogP contribution in [0.15, 0.2) is 24.3 Å². The summed E-state index contributed by atoms with van der Waals surface area (Å²) in [5, 5.41) is 0. The van der Waals surface area contributed by atoms with Crippen molar-refractivity contribution >= 4 is 5.78 Å². The highest BCUT2D eigenvalue weighted by Crippen LogP contribution is 2.19. The average molecular weight is 234 g/mol. The summed E-state index contributed by atoms with van der Waals surface area (Å²) in [5.41, 5.74) is 1.00. The highest BCUT2D eigenvalue weighted by Gasteiger charge is 2.12. The van der Waals surface area contributed by atoms with Crippen LogP contribution in [-0.2, 0) is 11.2 Å². The zero-order valence-electron chi connectivity index (χ0n) is 11.4. The fraction of sp³-hybridized carbons (Fsp3) is 0.533. The predicted octanol–water partition coefficient (Wildman–Crippen LogP) is 3.63. The molecular weight excluding hydrogens is 212 g/mol. The third-order valence-electron chi connectivity index (χ3n) is 2.58. The summed E-state index contributed by atoms with van der Waals surface area (Å²) in [7, 11) is 0. The van der Waals surface area contributed by atoms with Crippen LogP contribution < -0.4 is 4.74 Å². The van der Waals surface area contributed by atoms with Crippen molar-refractivity contribution < 1.29 is 9.53 Å². The number of Topliss-reactive ketones (excluding diaryl/α,β-unsaturated/α-hetero) is 1. The Balaban J connectivity index is 2.65. The summed E-state index contributed by atoms with van der Waals surface area (Å²) in [6.45, 7) is 9.68. The predicted molar refractivity (Wildman–Crippen MR) is 70.4 cm³/mol. The molecule has 17 heavy (non-hydrogen) atoms. The average Bonchev–Trinajstić information content (AvgIpc) is 2.18. The maximum atomic E-state index is 11.2. The Morgan fingerprint density at radius 2 is 1.76 bits per heavy atom. The third kappa shape index (κ3) is 5.03. The molecule has 94 valence electrons. The van der Waals surface area contributed by atoms with Crippen molar-refractivity contribution in [2.45, 2.75) is 46.6 Å². The summed E-state index contributed by atoms with van der Waals surface area (Å²) in [6, 6.07) is 7.99. The minimum Gasteiger partial charge on any atom is -0.488 e. The topological polar surface area (TPSA) is 26.3 Å². The molecule has 0 bridgehead atoms. The number of carbonyl (C=O) groups is 1. The molecule has 0 aromatic heterocycles. The number of hydrogen-bond acceptors (Lipinski definition) is 2. The van der Waals surface area contributed by atoms with Crippen LogP contribution in [0.5, 0.6) is 5.75 Å². The molecule has 2 nitrogen and oxygen atoms in total. The minimum absolute atomic E-state index is 0.0874. The van der Waals surface area contributed by atoms with E-state index in [1.54, 1.807) is 6.92 Å². The van der Waals surface area contributed by atoms with Crippen molar-refractivity contribution in [2.24, 2.45) is 5.92 Å². The van der Waals surface area contributed by atoms with Crippen LogP contribution in [0.3, 0.4) is 0 Å². The van der Waals surface area contributed by atoms with E-state index in [1.807, 2.05) is 52.0 Å². The Hall–Kier alpha value is -1.31. The standard InChI is InChI=1S/C15H22O2/c1-11(12(2)16)10-13-6-8-14(9-7-13)17-15(3,4)5/h6-9,11H,10H2,1-5H3. The van der Waals surface area contributed by atoms with Gasteiger partial charge in [-0.3, -0.25) is 4.79 Å². The van der Waals surface area contributed by atoms with Crippen LogP contribution in [0.4, 0.5) is 0 Å². The molecule has 1 unspecified atom stereocenters. The molecule has 0 heterocycles. The highest BCUT2D eigenvalue weighted by molar-refractivity contribution is 5.78. The second-order valence-electron chi connectivity index (χ2n) is 5.57. The van der Waals surface area contributed by atoms with Gasteiger partial charge < -0.3 is 4.74 Å². The molecule has 1 aromatic carbocycles. The molecule has 0 fully saturated rings. The SMILES string of the molecule is CC(=O)C(C)Cc1ccc(OC(C)(C)C)cc1. The molecule has 1 aromatic rings. The molecule has 0 N–H and O–H groups in total. The molecule has 0 spiro atoms. The zero-order valence-corrected chi connectivity index (χ0v) is 11.4. The van der Waals surface area contributed by atoms with Gasteiger partial charge in [-0.2, -0.15) is 0 Å². The van der Waals surface area contributed by atoms with E-state index in [9.17, 15) is 4.79 Å².